The maximum Gasteiger partial charge on any atom is 0.414 e. The molecular formula is C33H40N2O9S. The van der Waals surface area contributed by atoms with E-state index >= 15 is 0 Å². The number of nitrogens with zero attached hydrogens (tertiary/aromatic N) is 1. The largest absolute Gasteiger partial charge is 0.494 e. The summed E-state index contributed by atoms with van der Waals surface area (Å²) >= 11 is 0. The van der Waals surface area contributed by atoms with E-state index in [-0.39, 0.29) is 15.8 Å². The predicted molar refractivity (Wildman–Crippen MR) is 170 cm³/mol. The highest BCUT2D eigenvalue weighted by atomic mass is 32.2. The average molecular weight is 641 g/mol. The first kappa shape index (κ1) is 34.9. The molecule has 0 aliphatic heterocycles. The molecule has 0 saturated heterocycles. The van der Waals surface area contributed by atoms with E-state index in [1.807, 2.05) is 50.2 Å². The minimum Gasteiger partial charge on any atom is -0.494 e. The average Bonchev–Trinajstić information content (AvgIpc) is 3.43. The third kappa shape index (κ3) is 9.22. The second-order valence-electron chi connectivity index (χ2n) is 10.6. The van der Waals surface area contributed by atoms with Crippen LogP contribution in [0.5, 0.6) is 17.2 Å². The van der Waals surface area contributed by atoms with Crippen molar-refractivity contribution in [3.63, 3.8) is 0 Å². The van der Waals surface area contributed by atoms with Gasteiger partial charge < -0.3 is 34.3 Å². The van der Waals surface area contributed by atoms with Crippen molar-refractivity contribution >= 4 is 32.7 Å². The Morgan fingerprint density at radius 2 is 1.53 bits per heavy atom. The number of hydrogen-bond acceptors (Lipinski definition) is 8. The van der Waals surface area contributed by atoms with E-state index in [9.17, 15) is 8.42 Å². The van der Waals surface area contributed by atoms with Gasteiger partial charge in [-0.1, -0.05) is 38.1 Å². The molecule has 4 rings (SSSR count). The maximum atomic E-state index is 13.5. The number of rotatable bonds is 13. The van der Waals surface area contributed by atoms with E-state index in [2.05, 4.69) is 23.0 Å². The van der Waals surface area contributed by atoms with Gasteiger partial charge in [-0.05, 0) is 79.4 Å². The zero-order valence-electron chi connectivity index (χ0n) is 26.1. The lowest BCUT2D eigenvalue weighted by atomic mass is 10.0. The van der Waals surface area contributed by atoms with Crippen molar-refractivity contribution in [1.29, 1.82) is 0 Å². The molecule has 0 radical (unpaired) electrons. The van der Waals surface area contributed by atoms with Crippen LogP contribution in [-0.4, -0.2) is 81.4 Å². The van der Waals surface area contributed by atoms with Crippen molar-refractivity contribution in [2.45, 2.75) is 42.5 Å². The molecule has 45 heavy (non-hydrogen) atoms. The number of aliphatic carboxylic acids is 2. The van der Waals surface area contributed by atoms with Gasteiger partial charge in [-0.3, -0.25) is 0 Å². The Kier molecular flexibility index (Phi) is 12.4. The number of aromatic nitrogens is 1. The smallest absolute Gasteiger partial charge is 0.414 e. The number of methoxy groups -OCH3 is 2. The number of nitrogens with one attached hydrogen (secondary N) is 1. The molecule has 12 heteroatoms. The molecule has 0 spiro atoms. The zero-order chi connectivity index (χ0) is 33.1. The number of hydrogen-bond donors (Lipinski definition) is 3. The molecule has 1 aromatic heterocycles. The van der Waals surface area contributed by atoms with E-state index in [0.717, 1.165) is 53.9 Å². The van der Waals surface area contributed by atoms with Gasteiger partial charge in [0, 0.05) is 24.0 Å². The minimum absolute atomic E-state index is 0.0608. The van der Waals surface area contributed by atoms with Crippen LogP contribution in [0.1, 0.15) is 37.3 Å². The molecule has 242 valence electrons. The summed E-state index contributed by atoms with van der Waals surface area (Å²) < 4.78 is 43.6. The van der Waals surface area contributed by atoms with Gasteiger partial charge in [-0.25, -0.2) is 18.0 Å². The summed E-state index contributed by atoms with van der Waals surface area (Å²) in [7, 11) is 1.67. The highest BCUT2D eigenvalue weighted by molar-refractivity contribution is 7.91. The third-order valence-electron chi connectivity index (χ3n) is 7.06. The topological polar surface area (TPSA) is 155 Å². The lowest BCUT2D eigenvalue weighted by molar-refractivity contribution is -0.159. The van der Waals surface area contributed by atoms with Crippen molar-refractivity contribution in [1.82, 2.24) is 9.88 Å². The number of likely N-dealkylation sites (N-methyl/N-ethyl adjacent to an activating group) is 1. The van der Waals surface area contributed by atoms with E-state index in [0.29, 0.717) is 12.4 Å². The Bertz CT molecular complexity index is 1690. The summed E-state index contributed by atoms with van der Waals surface area (Å²) in [6.45, 7) is 6.37. The van der Waals surface area contributed by atoms with Crippen molar-refractivity contribution < 1.29 is 42.4 Å². The van der Waals surface area contributed by atoms with Gasteiger partial charge in [-0.2, -0.15) is 0 Å². The van der Waals surface area contributed by atoms with Gasteiger partial charge in [0.25, 0.3) is 0 Å². The number of para-hydroxylation sites is 1. The number of sulfone groups is 1. The van der Waals surface area contributed by atoms with Gasteiger partial charge in [0.15, 0.2) is 11.5 Å². The first-order valence-electron chi connectivity index (χ1n) is 14.3. The Morgan fingerprint density at radius 1 is 0.889 bits per heavy atom. The number of aromatic amines is 1. The Labute approximate surface area is 263 Å². The fraction of sp³-hybridized carbons (Fsp3) is 0.333. The van der Waals surface area contributed by atoms with Crippen molar-refractivity contribution in [2.75, 3.05) is 41.0 Å². The van der Waals surface area contributed by atoms with Crippen LogP contribution in [0.15, 0.2) is 76.7 Å². The van der Waals surface area contributed by atoms with Crippen molar-refractivity contribution in [2.24, 2.45) is 0 Å². The standard InChI is InChI=1S/C31H38N2O5S.C2H2O4/c1-22(2)30-26-9-6-7-10-27(26)32-31(30)39(34,35)25-14-12-24(13-15-25)38-20-8-18-33(3)19-17-23-11-16-28(36-4)29(21-23)37-5;3-1(4)2(5)6/h6-7,9-16,21-22,32H,8,17-20H2,1-5H3;(H,3,4)(H,5,6). The molecule has 0 atom stereocenters. The van der Waals surface area contributed by atoms with Crippen molar-refractivity contribution in [3.8, 4) is 17.2 Å². The quantitative estimate of drug-likeness (QED) is 0.131. The molecule has 11 nitrogen and oxygen atoms in total. The number of carbonyl (C=O) groups is 2. The molecule has 0 fully saturated rings. The Hall–Kier alpha value is -4.55. The van der Waals surface area contributed by atoms with Gasteiger partial charge in [-0.15, -0.1) is 0 Å². The van der Waals surface area contributed by atoms with Crippen LogP contribution in [-0.2, 0) is 25.8 Å². The van der Waals surface area contributed by atoms with E-state index in [1.165, 1.54) is 5.56 Å². The highest BCUT2D eigenvalue weighted by Crippen LogP contribution is 2.35. The molecule has 0 bridgehead atoms. The van der Waals surface area contributed by atoms with Gasteiger partial charge in [0.05, 0.1) is 25.7 Å². The normalized spacial score (nSPS) is 11.3. The third-order valence-corrected chi connectivity index (χ3v) is 8.81. The lowest BCUT2D eigenvalue weighted by Crippen LogP contribution is -2.23. The summed E-state index contributed by atoms with van der Waals surface area (Å²) in [5.41, 5.74) is 2.84. The van der Waals surface area contributed by atoms with Crippen LogP contribution in [0.2, 0.25) is 0 Å². The molecule has 0 amide bonds. The van der Waals surface area contributed by atoms with Crippen molar-refractivity contribution in [3.05, 3.63) is 77.9 Å². The van der Waals surface area contributed by atoms with Crippen LogP contribution in [0, 0.1) is 0 Å². The monoisotopic (exact) mass is 640 g/mol. The molecule has 0 saturated carbocycles. The van der Waals surface area contributed by atoms with E-state index in [1.54, 1.807) is 38.5 Å². The van der Waals surface area contributed by atoms with Crippen LogP contribution in [0.25, 0.3) is 10.9 Å². The molecule has 0 unspecified atom stereocenters. The number of carboxylic acids is 2. The first-order chi connectivity index (χ1) is 21.4. The van der Waals surface area contributed by atoms with Crippen LogP contribution >= 0.6 is 0 Å². The number of ether oxygens (including phenoxy) is 3. The fourth-order valence-electron chi connectivity index (χ4n) is 4.75. The summed E-state index contributed by atoms with van der Waals surface area (Å²) in [5, 5.41) is 16.0. The van der Waals surface area contributed by atoms with Gasteiger partial charge in [0.2, 0.25) is 9.84 Å². The number of benzene rings is 3. The van der Waals surface area contributed by atoms with Crippen LogP contribution in [0.3, 0.4) is 0 Å². The molecular weight excluding hydrogens is 600 g/mol. The first-order valence-corrected chi connectivity index (χ1v) is 15.8. The molecule has 1 heterocycles. The number of carboxylic acid groups (broad SMARTS) is 2. The molecule has 0 aliphatic carbocycles. The number of fused-ring (bicyclic) bond motifs is 1. The maximum absolute atomic E-state index is 13.5. The molecule has 3 aromatic carbocycles. The second kappa shape index (κ2) is 16.0. The van der Waals surface area contributed by atoms with Crippen LogP contribution in [0.4, 0.5) is 0 Å². The summed E-state index contributed by atoms with van der Waals surface area (Å²) in [4.78, 5) is 23.9. The summed E-state index contributed by atoms with van der Waals surface area (Å²) in [5.74, 6) is -1.46. The van der Waals surface area contributed by atoms with E-state index < -0.39 is 21.8 Å². The zero-order valence-corrected chi connectivity index (χ0v) is 26.9. The Balaban J connectivity index is 0.000000838. The second-order valence-corrected chi connectivity index (χ2v) is 12.5. The van der Waals surface area contributed by atoms with Gasteiger partial charge in [0.1, 0.15) is 10.8 Å². The number of H-pyrrole nitrogens is 1. The lowest BCUT2D eigenvalue weighted by Gasteiger charge is -2.17. The Morgan fingerprint density at radius 3 is 2.13 bits per heavy atom. The molecule has 0 aliphatic rings. The fourth-order valence-corrected chi connectivity index (χ4v) is 6.36. The van der Waals surface area contributed by atoms with Crippen LogP contribution < -0.4 is 14.2 Å². The molecule has 4 aromatic rings. The predicted octanol–water partition coefficient (Wildman–Crippen LogP) is 5.24. The van der Waals surface area contributed by atoms with E-state index in [4.69, 9.17) is 34.0 Å². The van der Waals surface area contributed by atoms with Gasteiger partial charge >= 0.3 is 11.9 Å². The minimum atomic E-state index is -3.70. The summed E-state index contributed by atoms with van der Waals surface area (Å²) in [6, 6.07) is 20.4. The summed E-state index contributed by atoms with van der Waals surface area (Å²) in [6.07, 6.45) is 1.76. The highest BCUT2D eigenvalue weighted by Gasteiger charge is 2.26. The molecule has 3 N–H and O–H groups in total. The SMILES string of the molecule is COc1ccc(CCN(C)CCCOc2ccc(S(=O)(=O)c3[nH]c4ccccc4c3C(C)C)cc2)cc1OC.O=C(O)C(=O)O.